The van der Waals surface area contributed by atoms with Crippen LogP contribution in [-0.4, -0.2) is 14.3 Å². The monoisotopic (exact) mass is 246 g/mol. The van der Waals surface area contributed by atoms with Crippen LogP contribution in [0.15, 0.2) is 6.20 Å². The molecule has 0 amide bonds. The SMILES string of the molecule is Cc1cnc([C@H](C)N[S@@+]([O-])C(C)(C)C)s1. The van der Waals surface area contributed by atoms with E-state index in [1.165, 1.54) is 4.88 Å². The molecule has 0 saturated carbocycles. The van der Waals surface area contributed by atoms with Crippen molar-refractivity contribution < 1.29 is 4.55 Å². The quantitative estimate of drug-likeness (QED) is 0.834. The molecule has 1 aromatic heterocycles. The van der Waals surface area contributed by atoms with Crippen molar-refractivity contribution in [2.45, 2.75) is 45.4 Å². The number of thiazole rings is 1. The van der Waals surface area contributed by atoms with Gasteiger partial charge in [-0.2, -0.15) is 0 Å². The van der Waals surface area contributed by atoms with Gasteiger partial charge in [0.05, 0.1) is 0 Å². The molecule has 15 heavy (non-hydrogen) atoms. The Labute approximate surface area is 98.6 Å². The Morgan fingerprint density at radius 3 is 2.53 bits per heavy atom. The van der Waals surface area contributed by atoms with Gasteiger partial charge in [0.15, 0.2) is 0 Å². The van der Waals surface area contributed by atoms with Crippen LogP contribution in [0.5, 0.6) is 0 Å². The fraction of sp³-hybridized carbons (Fsp3) is 0.700. The Kier molecular flexibility index (Phi) is 4.17. The minimum atomic E-state index is -1.04. The average molecular weight is 246 g/mol. The third-order valence-electron chi connectivity index (χ3n) is 1.85. The Morgan fingerprint density at radius 2 is 2.13 bits per heavy atom. The number of aryl methyl sites for hydroxylation is 1. The summed E-state index contributed by atoms with van der Waals surface area (Å²) in [6.45, 7) is 9.87. The van der Waals surface area contributed by atoms with Gasteiger partial charge in [-0.25, -0.2) is 4.98 Å². The van der Waals surface area contributed by atoms with Crippen molar-refractivity contribution in [3.05, 3.63) is 16.1 Å². The number of nitrogens with one attached hydrogen (secondary N) is 1. The minimum Gasteiger partial charge on any atom is -0.598 e. The van der Waals surface area contributed by atoms with Gasteiger partial charge in [0, 0.05) is 22.4 Å². The van der Waals surface area contributed by atoms with Gasteiger partial charge >= 0.3 is 0 Å². The van der Waals surface area contributed by atoms with E-state index in [4.69, 9.17) is 0 Å². The van der Waals surface area contributed by atoms with E-state index in [-0.39, 0.29) is 10.8 Å². The molecule has 1 heterocycles. The van der Waals surface area contributed by atoms with Crippen LogP contribution in [0.1, 0.15) is 43.6 Å². The lowest BCUT2D eigenvalue weighted by molar-refractivity contribution is 0.531. The smallest absolute Gasteiger partial charge is 0.136 e. The van der Waals surface area contributed by atoms with Crippen molar-refractivity contribution in [1.82, 2.24) is 9.71 Å². The predicted octanol–water partition coefficient (Wildman–Crippen LogP) is 2.56. The van der Waals surface area contributed by atoms with Crippen LogP contribution in [0.3, 0.4) is 0 Å². The van der Waals surface area contributed by atoms with Crippen molar-refractivity contribution in [3.63, 3.8) is 0 Å². The Bertz CT molecular complexity index is 319. The zero-order valence-electron chi connectivity index (χ0n) is 9.83. The molecule has 0 aromatic carbocycles. The van der Waals surface area contributed by atoms with Crippen LogP contribution in [0.4, 0.5) is 0 Å². The molecule has 1 N–H and O–H groups in total. The first kappa shape index (κ1) is 13.0. The topological polar surface area (TPSA) is 48.0 Å². The van der Waals surface area contributed by atoms with Crippen molar-refractivity contribution in [2.75, 3.05) is 0 Å². The summed E-state index contributed by atoms with van der Waals surface area (Å²) in [6, 6.07) is 0.0451. The van der Waals surface area contributed by atoms with Crippen LogP contribution in [0, 0.1) is 6.92 Å². The van der Waals surface area contributed by atoms with Crippen LogP contribution in [0.2, 0.25) is 0 Å². The molecule has 0 bridgehead atoms. The first-order chi connectivity index (χ1) is 6.80. The number of hydrogen-bond acceptors (Lipinski definition) is 4. The first-order valence-corrected chi connectivity index (χ1v) is 6.87. The molecule has 2 atom stereocenters. The van der Waals surface area contributed by atoms with E-state index >= 15 is 0 Å². The van der Waals surface area contributed by atoms with Gasteiger partial charge in [0.25, 0.3) is 0 Å². The van der Waals surface area contributed by atoms with E-state index in [0.717, 1.165) is 5.01 Å². The molecule has 0 fully saturated rings. The maximum absolute atomic E-state index is 11.8. The summed E-state index contributed by atoms with van der Waals surface area (Å²) in [5.41, 5.74) is 0. The molecule has 0 unspecified atom stereocenters. The first-order valence-electron chi connectivity index (χ1n) is 4.91. The Balaban J connectivity index is 2.60. The molecular formula is C10H18N2OS2. The number of hydrogen-bond donors (Lipinski definition) is 1. The van der Waals surface area contributed by atoms with E-state index in [1.54, 1.807) is 11.3 Å². The van der Waals surface area contributed by atoms with E-state index in [2.05, 4.69) is 9.71 Å². The molecule has 0 aliphatic heterocycles. The highest BCUT2D eigenvalue weighted by molar-refractivity contribution is 7.90. The van der Waals surface area contributed by atoms with Crippen molar-refractivity contribution >= 4 is 22.7 Å². The van der Waals surface area contributed by atoms with Crippen molar-refractivity contribution in [2.24, 2.45) is 0 Å². The fourth-order valence-electron chi connectivity index (χ4n) is 0.960. The lowest BCUT2D eigenvalue weighted by Crippen LogP contribution is -2.40. The summed E-state index contributed by atoms with van der Waals surface area (Å²) in [6.07, 6.45) is 1.85. The molecule has 86 valence electrons. The highest BCUT2D eigenvalue weighted by atomic mass is 32.2. The largest absolute Gasteiger partial charge is 0.598 e. The molecule has 0 aliphatic carbocycles. The van der Waals surface area contributed by atoms with Gasteiger partial charge in [-0.05, 0) is 34.6 Å². The fourth-order valence-corrected chi connectivity index (χ4v) is 2.60. The standard InChI is InChI=1S/C10H18N2OS2/c1-7-6-11-9(14-7)8(2)12-15(13)10(3,4)5/h6,8,12H,1-5H3/t8-,15-/m0/s1. The third kappa shape index (κ3) is 3.75. The number of rotatable bonds is 3. The van der Waals surface area contributed by atoms with Gasteiger partial charge in [-0.3, -0.25) is 0 Å². The van der Waals surface area contributed by atoms with Crippen molar-refractivity contribution in [3.8, 4) is 0 Å². The summed E-state index contributed by atoms with van der Waals surface area (Å²) in [4.78, 5) is 5.45. The zero-order chi connectivity index (χ0) is 11.6. The summed E-state index contributed by atoms with van der Waals surface area (Å²) < 4.78 is 14.7. The minimum absolute atomic E-state index is 0.0451. The van der Waals surface area contributed by atoms with E-state index < -0.39 is 11.4 Å². The summed E-state index contributed by atoms with van der Waals surface area (Å²) in [5, 5.41) is 0.991. The third-order valence-corrected chi connectivity index (χ3v) is 4.63. The predicted molar refractivity (Wildman–Crippen MR) is 66.3 cm³/mol. The second-order valence-corrected chi connectivity index (χ2v) is 7.79. The highest BCUT2D eigenvalue weighted by Gasteiger charge is 2.28. The lowest BCUT2D eigenvalue weighted by Gasteiger charge is -2.25. The number of nitrogens with zero attached hydrogens (tertiary/aromatic N) is 1. The highest BCUT2D eigenvalue weighted by Crippen LogP contribution is 2.22. The Morgan fingerprint density at radius 1 is 1.53 bits per heavy atom. The van der Waals surface area contributed by atoms with E-state index in [9.17, 15) is 4.55 Å². The van der Waals surface area contributed by atoms with Crippen LogP contribution >= 0.6 is 11.3 Å². The van der Waals surface area contributed by atoms with Crippen LogP contribution < -0.4 is 4.72 Å². The van der Waals surface area contributed by atoms with Gasteiger partial charge in [-0.1, -0.05) is 0 Å². The van der Waals surface area contributed by atoms with E-state index in [1.807, 2.05) is 40.8 Å². The Hall–Kier alpha value is -0.100. The second-order valence-electron chi connectivity index (χ2n) is 4.53. The molecule has 5 heteroatoms. The van der Waals surface area contributed by atoms with Crippen LogP contribution in [0.25, 0.3) is 0 Å². The summed E-state index contributed by atoms with van der Waals surface area (Å²) in [5.74, 6) is 0. The maximum Gasteiger partial charge on any atom is 0.136 e. The molecule has 0 radical (unpaired) electrons. The lowest BCUT2D eigenvalue weighted by atomic mass is 10.3. The molecule has 3 nitrogen and oxygen atoms in total. The maximum atomic E-state index is 11.8. The molecule has 1 aromatic rings. The molecule has 1 rings (SSSR count). The summed E-state index contributed by atoms with van der Waals surface area (Å²) >= 11 is 0.598. The van der Waals surface area contributed by atoms with Gasteiger partial charge in [0.2, 0.25) is 0 Å². The molecule has 0 saturated heterocycles. The number of aromatic nitrogens is 1. The van der Waals surface area contributed by atoms with Gasteiger partial charge in [0.1, 0.15) is 15.8 Å². The van der Waals surface area contributed by atoms with Crippen molar-refractivity contribution in [1.29, 1.82) is 0 Å². The van der Waals surface area contributed by atoms with Gasteiger partial charge in [-0.15, -0.1) is 16.1 Å². The zero-order valence-corrected chi connectivity index (χ0v) is 11.5. The normalized spacial score (nSPS) is 16.4. The van der Waals surface area contributed by atoms with E-state index in [0.29, 0.717) is 0 Å². The van der Waals surface area contributed by atoms with Gasteiger partial charge < -0.3 is 4.55 Å². The molecule has 0 aliphatic rings. The second kappa shape index (κ2) is 4.82. The molecular weight excluding hydrogens is 228 g/mol. The average Bonchev–Trinajstić information content (AvgIpc) is 2.50. The van der Waals surface area contributed by atoms with Crippen LogP contribution in [-0.2, 0) is 11.4 Å². The molecule has 0 spiro atoms. The summed E-state index contributed by atoms with van der Waals surface area (Å²) in [7, 11) is 0.